The molecule has 1 atom stereocenters. The maximum atomic E-state index is 14.2. The molecule has 1 amide bonds. The van der Waals surface area contributed by atoms with E-state index in [0.717, 1.165) is 17.6 Å². The predicted octanol–water partition coefficient (Wildman–Crippen LogP) is 3.89. The molecule has 4 saturated carbocycles. The molecule has 8 heteroatoms. The first-order chi connectivity index (χ1) is 14.7. The molecule has 9 rings (SSSR count). The highest BCUT2D eigenvalue weighted by Crippen LogP contribution is 2.73. The zero-order chi connectivity index (χ0) is 21.3. The van der Waals surface area contributed by atoms with E-state index < -0.39 is 11.1 Å². The van der Waals surface area contributed by atoms with Crippen LogP contribution in [0.2, 0.25) is 0 Å². The molecule has 3 aromatic heterocycles. The SMILES string of the molecule is C[C@@H]1C2(F)CC1(C(=O)N(C)c1cnc3nc(-c4n[nH]c5c4C4CC(C)(C5)C4)[nH]c3c1)C2. The summed E-state index contributed by atoms with van der Waals surface area (Å²) in [5.41, 5.74) is 4.24. The maximum Gasteiger partial charge on any atom is 0.233 e. The van der Waals surface area contributed by atoms with Crippen LogP contribution in [0.5, 0.6) is 0 Å². The van der Waals surface area contributed by atoms with Gasteiger partial charge in [-0.2, -0.15) is 5.10 Å². The van der Waals surface area contributed by atoms with Gasteiger partial charge in [-0.15, -0.1) is 0 Å². The van der Waals surface area contributed by atoms with Crippen LogP contribution in [0.25, 0.3) is 22.7 Å². The van der Waals surface area contributed by atoms with E-state index in [1.807, 2.05) is 13.0 Å². The van der Waals surface area contributed by atoms with Gasteiger partial charge in [0.1, 0.15) is 11.4 Å². The average Bonchev–Trinajstić information content (AvgIpc) is 3.33. The van der Waals surface area contributed by atoms with Gasteiger partial charge >= 0.3 is 0 Å². The fourth-order valence-corrected chi connectivity index (χ4v) is 6.86. The van der Waals surface area contributed by atoms with Crippen LogP contribution in [0, 0.1) is 16.7 Å². The fraction of sp³-hybridized carbons (Fsp3) is 0.565. The van der Waals surface area contributed by atoms with Crippen molar-refractivity contribution in [1.82, 2.24) is 25.1 Å². The Morgan fingerprint density at radius 2 is 2.10 bits per heavy atom. The van der Waals surface area contributed by atoms with Crippen molar-refractivity contribution in [2.45, 2.75) is 57.5 Å². The molecule has 3 heterocycles. The molecule has 0 radical (unpaired) electrons. The van der Waals surface area contributed by atoms with Crippen molar-refractivity contribution in [1.29, 1.82) is 0 Å². The zero-order valence-electron chi connectivity index (χ0n) is 17.9. The van der Waals surface area contributed by atoms with E-state index in [2.05, 4.69) is 32.1 Å². The van der Waals surface area contributed by atoms with Gasteiger partial charge in [0, 0.05) is 24.2 Å². The summed E-state index contributed by atoms with van der Waals surface area (Å²) >= 11 is 0. The Morgan fingerprint density at radius 3 is 2.81 bits per heavy atom. The molecule has 0 saturated heterocycles. The molecule has 4 bridgehead atoms. The lowest BCUT2D eigenvalue weighted by Gasteiger charge is -2.70. The van der Waals surface area contributed by atoms with Gasteiger partial charge in [-0.1, -0.05) is 13.8 Å². The van der Waals surface area contributed by atoms with Crippen molar-refractivity contribution in [3.63, 3.8) is 0 Å². The molecule has 0 aromatic carbocycles. The number of rotatable bonds is 3. The number of fused-ring (bicyclic) bond motifs is 1. The number of anilines is 1. The number of H-pyrrole nitrogens is 2. The Hall–Kier alpha value is -2.77. The second kappa shape index (κ2) is 5.16. The first-order valence-electron chi connectivity index (χ1n) is 11.1. The Morgan fingerprint density at radius 1 is 1.32 bits per heavy atom. The van der Waals surface area contributed by atoms with E-state index in [0.29, 0.717) is 41.3 Å². The number of nitrogens with zero attached hydrogens (tertiary/aromatic N) is 4. The van der Waals surface area contributed by atoms with Gasteiger partial charge in [0.2, 0.25) is 5.91 Å². The lowest BCUT2D eigenvalue weighted by molar-refractivity contribution is -0.259. The molecule has 160 valence electrons. The number of hydrogen-bond donors (Lipinski definition) is 2. The van der Waals surface area contributed by atoms with Crippen LogP contribution in [-0.2, 0) is 11.2 Å². The smallest absolute Gasteiger partial charge is 0.233 e. The van der Waals surface area contributed by atoms with Crippen LogP contribution in [0.3, 0.4) is 0 Å². The average molecular weight is 420 g/mol. The van der Waals surface area contributed by atoms with Gasteiger partial charge in [-0.3, -0.25) is 9.89 Å². The lowest BCUT2D eigenvalue weighted by Crippen LogP contribution is -2.76. The minimum Gasteiger partial charge on any atom is -0.335 e. The second-order valence-corrected chi connectivity index (χ2v) is 10.8. The van der Waals surface area contributed by atoms with Crippen molar-refractivity contribution >= 4 is 22.8 Å². The highest BCUT2D eigenvalue weighted by atomic mass is 19.1. The number of aromatic amines is 2. The zero-order valence-corrected chi connectivity index (χ0v) is 17.9. The number of amides is 1. The third-order valence-electron chi connectivity index (χ3n) is 8.86. The topological polar surface area (TPSA) is 90.6 Å². The second-order valence-electron chi connectivity index (χ2n) is 10.8. The van der Waals surface area contributed by atoms with Crippen LogP contribution >= 0.6 is 0 Å². The molecule has 7 nitrogen and oxygen atoms in total. The summed E-state index contributed by atoms with van der Waals surface area (Å²) in [7, 11) is 1.75. The molecule has 4 fully saturated rings. The summed E-state index contributed by atoms with van der Waals surface area (Å²) in [6.07, 6.45) is 5.83. The van der Waals surface area contributed by atoms with E-state index in [1.165, 1.54) is 24.1 Å². The van der Waals surface area contributed by atoms with Crippen LogP contribution in [-0.4, -0.2) is 43.8 Å². The Balaban J connectivity index is 1.21. The molecular weight excluding hydrogens is 395 g/mol. The Kier molecular flexibility index (Phi) is 2.98. The van der Waals surface area contributed by atoms with Gasteiger partial charge < -0.3 is 9.88 Å². The number of alkyl halides is 1. The van der Waals surface area contributed by atoms with Gasteiger partial charge in [0.25, 0.3) is 0 Å². The monoisotopic (exact) mass is 420 g/mol. The molecule has 2 N–H and O–H groups in total. The lowest BCUT2D eigenvalue weighted by atomic mass is 9.35. The Labute approximate surface area is 178 Å². The van der Waals surface area contributed by atoms with Crippen LogP contribution in [0.1, 0.15) is 56.7 Å². The first kappa shape index (κ1) is 17.9. The summed E-state index contributed by atoms with van der Waals surface area (Å²) in [6.45, 7) is 4.19. The molecule has 0 unspecified atom stereocenters. The van der Waals surface area contributed by atoms with Gasteiger partial charge in [-0.05, 0) is 49.5 Å². The van der Waals surface area contributed by atoms with E-state index in [9.17, 15) is 9.18 Å². The number of pyridine rings is 1. The quantitative estimate of drug-likeness (QED) is 0.673. The number of aromatic nitrogens is 5. The third kappa shape index (κ3) is 2.04. The molecular formula is C23H25FN6O. The maximum absolute atomic E-state index is 14.2. The summed E-state index contributed by atoms with van der Waals surface area (Å²) in [5, 5.41) is 7.81. The normalized spacial score (nSPS) is 36.9. The highest BCUT2D eigenvalue weighted by Gasteiger charge is 2.78. The number of halogens is 1. The molecule has 0 aliphatic heterocycles. The largest absolute Gasteiger partial charge is 0.335 e. The van der Waals surface area contributed by atoms with E-state index in [4.69, 9.17) is 0 Å². The summed E-state index contributed by atoms with van der Waals surface area (Å²) < 4.78 is 14.2. The van der Waals surface area contributed by atoms with E-state index in [1.54, 1.807) is 18.1 Å². The van der Waals surface area contributed by atoms with Gasteiger partial charge in [0.15, 0.2) is 11.5 Å². The van der Waals surface area contributed by atoms with Gasteiger partial charge in [-0.25, -0.2) is 14.4 Å². The van der Waals surface area contributed by atoms with Crippen LogP contribution in [0.4, 0.5) is 10.1 Å². The van der Waals surface area contributed by atoms with Crippen LogP contribution in [0.15, 0.2) is 12.3 Å². The fourth-order valence-electron chi connectivity index (χ4n) is 6.86. The van der Waals surface area contributed by atoms with E-state index >= 15 is 0 Å². The van der Waals surface area contributed by atoms with Crippen molar-refractivity contribution in [3.8, 4) is 11.5 Å². The van der Waals surface area contributed by atoms with Crippen molar-refractivity contribution in [2.75, 3.05) is 11.9 Å². The molecule has 6 aliphatic rings. The number of hydrogen-bond acceptors (Lipinski definition) is 4. The third-order valence-corrected chi connectivity index (χ3v) is 8.86. The number of carbonyl (C=O) groups is 1. The summed E-state index contributed by atoms with van der Waals surface area (Å²) in [4.78, 5) is 27.2. The van der Waals surface area contributed by atoms with Crippen molar-refractivity contribution in [3.05, 3.63) is 23.5 Å². The molecule has 31 heavy (non-hydrogen) atoms. The summed E-state index contributed by atoms with van der Waals surface area (Å²) in [5.74, 6) is 1.05. The molecule has 3 aromatic rings. The minimum atomic E-state index is -1.13. The van der Waals surface area contributed by atoms with Crippen LogP contribution < -0.4 is 4.90 Å². The number of imidazole rings is 1. The van der Waals surface area contributed by atoms with Crippen molar-refractivity contribution in [2.24, 2.45) is 16.7 Å². The highest BCUT2D eigenvalue weighted by molar-refractivity contribution is 6.01. The Bertz CT molecular complexity index is 1280. The first-order valence-corrected chi connectivity index (χ1v) is 11.1. The molecule has 0 spiro atoms. The van der Waals surface area contributed by atoms with Crippen molar-refractivity contribution < 1.29 is 9.18 Å². The standard InChI is InChI=1S/C23H25FN6O/c1-11-22(9-23(11,24)10-22)20(31)30(3)13-4-14-18(25-8-13)27-19(26-14)17-16-12-5-21(2,6-12)7-15(16)28-29-17/h4,8,11-12H,5-7,9-10H2,1-3H3,(H,28,29)(H,25,26,27)/t11-,12?,21?,22?,23?/m0/s1. The number of carbonyl (C=O) groups excluding carboxylic acids is 1. The minimum absolute atomic E-state index is 0.0187. The van der Waals surface area contributed by atoms with E-state index in [-0.39, 0.29) is 11.8 Å². The molecule has 6 aliphatic carbocycles. The number of nitrogens with one attached hydrogen (secondary N) is 2. The summed E-state index contributed by atoms with van der Waals surface area (Å²) in [6, 6.07) is 1.90. The predicted molar refractivity (Wildman–Crippen MR) is 113 cm³/mol. The van der Waals surface area contributed by atoms with Gasteiger partial charge in [0.05, 0.1) is 22.8 Å².